The van der Waals surface area contributed by atoms with Crippen LogP contribution in [0.1, 0.15) is 6.92 Å². The fraction of sp³-hybridized carbons (Fsp3) is 0.333. The summed E-state index contributed by atoms with van der Waals surface area (Å²) in [5, 5.41) is 7.51. The summed E-state index contributed by atoms with van der Waals surface area (Å²) in [7, 11) is 0. The smallest absolute Gasteiger partial charge is 0.333 e. The van der Waals surface area contributed by atoms with E-state index in [1.54, 1.807) is 13.0 Å². The lowest BCUT2D eigenvalue weighted by Gasteiger charge is -1.99. The molecule has 1 heterocycles. The molecule has 1 aliphatic heterocycles. The summed E-state index contributed by atoms with van der Waals surface area (Å²) in [5.74, 6) is -0.337. The zero-order chi connectivity index (χ0) is 13.0. The molecule has 4 heteroatoms. The number of rotatable bonds is 3. The summed E-state index contributed by atoms with van der Waals surface area (Å²) in [5.41, 5.74) is 0.431. The van der Waals surface area contributed by atoms with E-state index in [4.69, 9.17) is 14.7 Å². The third-order valence-corrected chi connectivity index (χ3v) is 1.24. The van der Waals surface area contributed by atoms with E-state index in [9.17, 15) is 4.79 Å². The molecule has 1 rings (SSSR count). The number of nitriles is 1. The van der Waals surface area contributed by atoms with Gasteiger partial charge >= 0.3 is 5.97 Å². The van der Waals surface area contributed by atoms with Crippen LogP contribution in [0.25, 0.3) is 0 Å². The maximum atomic E-state index is 10.7. The average Bonchev–Trinajstić information content (AvgIpc) is 3.12. The third kappa shape index (κ3) is 12.1. The molecular weight excluding hydrogens is 206 g/mol. The Bertz CT molecular complexity index is 274. The van der Waals surface area contributed by atoms with Crippen molar-refractivity contribution in [1.82, 2.24) is 0 Å². The van der Waals surface area contributed by atoms with Crippen molar-refractivity contribution in [3.8, 4) is 6.07 Å². The molecule has 16 heavy (non-hydrogen) atoms. The summed E-state index contributed by atoms with van der Waals surface area (Å²) < 4.78 is 9.60. The number of nitrogens with zero attached hydrogens (tertiary/aromatic N) is 1. The van der Waals surface area contributed by atoms with Crippen LogP contribution >= 0.6 is 0 Å². The highest BCUT2D eigenvalue weighted by atomic mass is 16.6. The largest absolute Gasteiger partial charge is 0.459 e. The van der Waals surface area contributed by atoms with Gasteiger partial charge in [0.1, 0.15) is 12.7 Å². The molecule has 0 saturated carbocycles. The van der Waals surface area contributed by atoms with Crippen LogP contribution in [0, 0.1) is 11.3 Å². The molecule has 0 N–H and O–H groups in total. The normalized spacial score (nSPS) is 14.9. The van der Waals surface area contributed by atoms with E-state index in [1.807, 2.05) is 0 Å². The predicted molar refractivity (Wildman–Crippen MR) is 62.6 cm³/mol. The fourth-order valence-corrected chi connectivity index (χ4v) is 0.456. The lowest BCUT2D eigenvalue weighted by Crippen LogP contribution is -2.09. The van der Waals surface area contributed by atoms with Crippen LogP contribution in [0.15, 0.2) is 38.0 Å². The summed E-state index contributed by atoms with van der Waals surface area (Å²) in [6, 6.07) is 1.69. The average molecular weight is 223 g/mol. The van der Waals surface area contributed by atoms with Crippen LogP contribution in [0.2, 0.25) is 0 Å². The van der Waals surface area contributed by atoms with E-state index in [0.717, 1.165) is 0 Å². The fourth-order valence-electron chi connectivity index (χ4n) is 0.456. The van der Waals surface area contributed by atoms with Crippen molar-refractivity contribution in [3.63, 3.8) is 0 Å². The predicted octanol–water partition coefficient (Wildman–Crippen LogP) is 2.00. The van der Waals surface area contributed by atoms with Gasteiger partial charge in [-0.3, -0.25) is 0 Å². The SMILES string of the molecule is C=C.C=C(C)C(=O)OCC1CO1.C=CC#N. The highest BCUT2D eigenvalue weighted by molar-refractivity contribution is 5.86. The number of hydrogen-bond donors (Lipinski definition) is 0. The first-order chi connectivity index (χ1) is 7.61. The zero-order valence-electron chi connectivity index (χ0n) is 9.57. The van der Waals surface area contributed by atoms with Gasteiger partial charge in [0.25, 0.3) is 0 Å². The Morgan fingerprint density at radius 1 is 1.69 bits per heavy atom. The molecule has 0 aliphatic carbocycles. The molecule has 0 aromatic carbocycles. The van der Waals surface area contributed by atoms with Gasteiger partial charge in [-0.2, -0.15) is 5.26 Å². The molecule has 1 saturated heterocycles. The summed E-state index contributed by atoms with van der Waals surface area (Å²) in [4.78, 5) is 10.7. The van der Waals surface area contributed by atoms with Crippen LogP contribution in [-0.2, 0) is 14.3 Å². The van der Waals surface area contributed by atoms with Crippen LogP contribution in [0.3, 0.4) is 0 Å². The van der Waals surface area contributed by atoms with Crippen LogP contribution in [0.5, 0.6) is 0 Å². The van der Waals surface area contributed by atoms with Gasteiger partial charge in [0, 0.05) is 11.6 Å². The van der Waals surface area contributed by atoms with Crippen molar-refractivity contribution >= 4 is 5.97 Å². The van der Waals surface area contributed by atoms with Gasteiger partial charge in [0.15, 0.2) is 0 Å². The van der Waals surface area contributed by atoms with Crippen molar-refractivity contribution in [2.45, 2.75) is 13.0 Å². The molecule has 0 spiro atoms. The molecule has 0 bridgehead atoms. The standard InChI is InChI=1S/C7H10O3.C3H3N.C2H4/c1-5(2)7(8)10-4-6-3-9-6;1-2-3-4;1-2/h6H,1,3-4H2,2H3;2H,1H2;1-2H2. The number of ether oxygens (including phenoxy) is 2. The highest BCUT2D eigenvalue weighted by Gasteiger charge is 2.24. The molecule has 0 aromatic rings. The molecule has 1 aliphatic rings. The number of epoxide rings is 1. The van der Waals surface area contributed by atoms with Gasteiger partial charge < -0.3 is 9.47 Å². The van der Waals surface area contributed by atoms with E-state index in [-0.39, 0.29) is 12.1 Å². The van der Waals surface area contributed by atoms with E-state index in [1.165, 1.54) is 6.08 Å². The molecule has 1 unspecified atom stereocenters. The molecule has 1 fully saturated rings. The van der Waals surface area contributed by atoms with Crippen molar-refractivity contribution < 1.29 is 14.3 Å². The number of hydrogen-bond acceptors (Lipinski definition) is 4. The van der Waals surface area contributed by atoms with Crippen LogP contribution in [-0.4, -0.2) is 25.3 Å². The monoisotopic (exact) mass is 223 g/mol. The first-order valence-corrected chi connectivity index (χ1v) is 4.56. The van der Waals surface area contributed by atoms with E-state index in [0.29, 0.717) is 18.8 Å². The van der Waals surface area contributed by atoms with E-state index >= 15 is 0 Å². The Morgan fingerprint density at radius 2 is 2.12 bits per heavy atom. The molecule has 0 radical (unpaired) electrons. The van der Waals surface area contributed by atoms with Gasteiger partial charge in [0.05, 0.1) is 12.7 Å². The first kappa shape index (κ1) is 16.6. The number of carbonyl (C=O) groups excluding carboxylic acids is 1. The topological polar surface area (TPSA) is 62.6 Å². The second kappa shape index (κ2) is 11.2. The quantitative estimate of drug-likeness (QED) is 0.241. The third-order valence-electron chi connectivity index (χ3n) is 1.24. The molecule has 0 aromatic heterocycles. The molecule has 1 atom stereocenters. The Hall–Kier alpha value is -1.86. The minimum atomic E-state index is -0.337. The Balaban J connectivity index is 0. The van der Waals surface area contributed by atoms with E-state index in [2.05, 4.69) is 26.3 Å². The van der Waals surface area contributed by atoms with E-state index < -0.39 is 0 Å². The first-order valence-electron chi connectivity index (χ1n) is 4.56. The minimum Gasteiger partial charge on any atom is -0.459 e. The minimum absolute atomic E-state index is 0.142. The van der Waals surface area contributed by atoms with Crippen LogP contribution in [0.4, 0.5) is 0 Å². The maximum Gasteiger partial charge on any atom is 0.333 e. The van der Waals surface area contributed by atoms with Gasteiger partial charge in [-0.1, -0.05) is 13.2 Å². The van der Waals surface area contributed by atoms with Crippen molar-refractivity contribution in [2.24, 2.45) is 0 Å². The molecular formula is C12H17NO3. The zero-order valence-corrected chi connectivity index (χ0v) is 9.57. The Kier molecular flexibility index (Phi) is 11.6. The molecule has 88 valence electrons. The van der Waals surface area contributed by atoms with Crippen molar-refractivity contribution in [2.75, 3.05) is 13.2 Å². The van der Waals surface area contributed by atoms with Crippen molar-refractivity contribution in [1.29, 1.82) is 5.26 Å². The van der Waals surface area contributed by atoms with Crippen LogP contribution < -0.4 is 0 Å². The summed E-state index contributed by atoms with van der Waals surface area (Å²) in [6.45, 7) is 15.3. The number of carbonyl (C=O) groups is 1. The van der Waals surface area contributed by atoms with Gasteiger partial charge in [-0.15, -0.1) is 13.2 Å². The van der Waals surface area contributed by atoms with Gasteiger partial charge in [0.2, 0.25) is 0 Å². The second-order valence-corrected chi connectivity index (χ2v) is 2.67. The van der Waals surface area contributed by atoms with Gasteiger partial charge in [-0.05, 0) is 6.92 Å². The lowest BCUT2D eigenvalue weighted by molar-refractivity contribution is -0.139. The maximum absolute atomic E-state index is 10.7. The second-order valence-electron chi connectivity index (χ2n) is 2.67. The Labute approximate surface area is 96.5 Å². The summed E-state index contributed by atoms with van der Waals surface area (Å²) in [6.07, 6.45) is 1.32. The molecule has 4 nitrogen and oxygen atoms in total. The van der Waals surface area contributed by atoms with Crippen molar-refractivity contribution in [3.05, 3.63) is 38.0 Å². The molecule has 0 amide bonds. The number of allylic oxidation sites excluding steroid dienone is 1. The summed E-state index contributed by atoms with van der Waals surface area (Å²) >= 11 is 0. The highest BCUT2D eigenvalue weighted by Crippen LogP contribution is 2.09. The lowest BCUT2D eigenvalue weighted by atomic mass is 10.4. The number of esters is 1. The van der Waals surface area contributed by atoms with Gasteiger partial charge in [-0.25, -0.2) is 4.79 Å². The Morgan fingerprint density at radius 3 is 2.38 bits per heavy atom.